The van der Waals surface area contributed by atoms with E-state index in [0.29, 0.717) is 17.8 Å². The van der Waals surface area contributed by atoms with E-state index in [0.717, 1.165) is 22.3 Å². The molecule has 3 rings (SSSR count). The van der Waals surface area contributed by atoms with Crippen molar-refractivity contribution >= 4 is 24.0 Å². The normalized spacial score (nSPS) is 17.2. The summed E-state index contributed by atoms with van der Waals surface area (Å²) in [7, 11) is 0. The van der Waals surface area contributed by atoms with Crippen molar-refractivity contribution in [2.45, 2.75) is 20.8 Å². The molecule has 0 saturated carbocycles. The molecule has 28 heavy (non-hydrogen) atoms. The van der Waals surface area contributed by atoms with Gasteiger partial charge in [-0.15, -0.1) is 0 Å². The maximum absolute atomic E-state index is 13.2. The molecule has 4 nitrogen and oxygen atoms in total. The first-order valence-corrected chi connectivity index (χ1v) is 9.48. The molecule has 0 aromatic heterocycles. The number of Topliss-reactive ketones (excluding diaryl/α,β-unsaturated/α-hetero) is 1. The molecule has 2 aromatic carbocycles. The monoisotopic (exact) mass is 375 g/mol. The largest absolute Gasteiger partial charge is 0.450 e. The average molecular weight is 375 g/mol. The van der Waals surface area contributed by atoms with Gasteiger partial charge >= 0.3 is 6.09 Å². The zero-order chi connectivity index (χ0) is 20.1. The van der Waals surface area contributed by atoms with Crippen LogP contribution < -0.4 is 0 Å². The zero-order valence-electron chi connectivity index (χ0n) is 16.6. The Balaban J connectivity index is 2.02. The van der Waals surface area contributed by atoms with Crippen LogP contribution in [0.25, 0.3) is 12.2 Å². The quantitative estimate of drug-likeness (QED) is 0.723. The summed E-state index contributed by atoms with van der Waals surface area (Å²) < 4.78 is 5.18. The van der Waals surface area contributed by atoms with E-state index in [4.69, 9.17) is 4.74 Å². The lowest BCUT2D eigenvalue weighted by Crippen LogP contribution is -2.41. The van der Waals surface area contributed by atoms with Gasteiger partial charge < -0.3 is 4.74 Å². The topological polar surface area (TPSA) is 46.6 Å². The Bertz CT molecular complexity index is 888. The van der Waals surface area contributed by atoms with Gasteiger partial charge in [-0.3, -0.25) is 9.69 Å². The minimum atomic E-state index is -0.402. The van der Waals surface area contributed by atoms with E-state index in [1.165, 1.54) is 0 Å². The lowest BCUT2D eigenvalue weighted by atomic mass is 9.93. The maximum atomic E-state index is 13.2. The predicted molar refractivity (Wildman–Crippen MR) is 112 cm³/mol. The van der Waals surface area contributed by atoms with Gasteiger partial charge in [-0.2, -0.15) is 0 Å². The number of likely N-dealkylation sites (tertiary alicyclic amines) is 1. The summed E-state index contributed by atoms with van der Waals surface area (Å²) >= 11 is 0. The number of hydrogen-bond acceptors (Lipinski definition) is 3. The van der Waals surface area contributed by atoms with Gasteiger partial charge in [0, 0.05) is 11.1 Å². The summed E-state index contributed by atoms with van der Waals surface area (Å²) in [6, 6.07) is 15.8. The molecule has 144 valence electrons. The van der Waals surface area contributed by atoms with E-state index < -0.39 is 6.09 Å². The van der Waals surface area contributed by atoms with Gasteiger partial charge in [0.2, 0.25) is 0 Å². The molecule has 1 saturated heterocycles. The smallest absolute Gasteiger partial charge is 0.410 e. The fourth-order valence-corrected chi connectivity index (χ4v) is 3.26. The number of carbonyl (C=O) groups excluding carboxylic acids is 2. The van der Waals surface area contributed by atoms with Crippen molar-refractivity contribution in [2.24, 2.45) is 0 Å². The molecular formula is C24H25NO3. The average Bonchev–Trinajstić information content (AvgIpc) is 2.68. The van der Waals surface area contributed by atoms with Gasteiger partial charge in [-0.25, -0.2) is 4.79 Å². The molecule has 0 unspecified atom stereocenters. The minimum absolute atomic E-state index is 0.0212. The number of carbonyl (C=O) groups is 2. The Kier molecular flexibility index (Phi) is 6.09. The third-order valence-corrected chi connectivity index (χ3v) is 4.87. The Hall–Kier alpha value is -3.14. The minimum Gasteiger partial charge on any atom is -0.450 e. The molecule has 4 heteroatoms. The third-order valence-electron chi connectivity index (χ3n) is 4.87. The van der Waals surface area contributed by atoms with Crippen molar-refractivity contribution in [3.05, 3.63) is 81.9 Å². The number of nitrogens with zero attached hydrogens (tertiary/aromatic N) is 1. The van der Waals surface area contributed by atoms with Gasteiger partial charge in [0.25, 0.3) is 0 Å². The van der Waals surface area contributed by atoms with Crippen LogP contribution in [-0.4, -0.2) is 36.5 Å². The lowest BCUT2D eigenvalue weighted by Gasteiger charge is -2.29. The highest BCUT2D eigenvalue weighted by atomic mass is 16.6. The third kappa shape index (κ3) is 4.39. The first-order chi connectivity index (χ1) is 13.5. The molecule has 1 amide bonds. The van der Waals surface area contributed by atoms with Gasteiger partial charge in [-0.1, -0.05) is 48.5 Å². The molecule has 0 aliphatic carbocycles. The summed E-state index contributed by atoms with van der Waals surface area (Å²) in [6.07, 6.45) is 3.37. The van der Waals surface area contributed by atoms with Crippen LogP contribution in [0.3, 0.4) is 0 Å². The Morgan fingerprint density at radius 1 is 0.929 bits per heavy atom. The molecule has 0 bridgehead atoms. The van der Waals surface area contributed by atoms with Crippen molar-refractivity contribution < 1.29 is 14.3 Å². The number of ether oxygens (including phenoxy) is 1. The summed E-state index contributed by atoms with van der Waals surface area (Å²) in [4.78, 5) is 27.1. The van der Waals surface area contributed by atoms with Crippen molar-refractivity contribution in [3.8, 4) is 0 Å². The van der Waals surface area contributed by atoms with Crippen molar-refractivity contribution in [2.75, 3.05) is 19.7 Å². The number of ketones is 1. The van der Waals surface area contributed by atoms with Crippen LogP contribution in [0.15, 0.2) is 59.7 Å². The standard InChI is InChI=1S/C24H25NO3/c1-4-28-24(27)25-15-21(13-19-11-7-5-9-17(19)2)23(26)22(16-25)14-20-12-8-6-10-18(20)3/h5-14H,4,15-16H2,1-3H3. The Morgan fingerprint density at radius 2 is 1.39 bits per heavy atom. The first-order valence-electron chi connectivity index (χ1n) is 9.48. The summed E-state index contributed by atoms with van der Waals surface area (Å²) in [6.45, 7) is 6.59. The summed E-state index contributed by atoms with van der Waals surface area (Å²) in [5.74, 6) is -0.0212. The molecule has 2 aromatic rings. The maximum Gasteiger partial charge on any atom is 0.410 e. The number of amides is 1. The van der Waals surface area contributed by atoms with E-state index in [1.54, 1.807) is 11.8 Å². The number of piperidine rings is 1. The van der Waals surface area contributed by atoms with E-state index in [2.05, 4.69) is 0 Å². The van der Waals surface area contributed by atoms with Gasteiger partial charge in [0.1, 0.15) is 0 Å². The molecule has 1 fully saturated rings. The highest BCUT2D eigenvalue weighted by molar-refractivity contribution is 6.15. The van der Waals surface area contributed by atoms with Gasteiger partial charge in [-0.05, 0) is 55.2 Å². The number of hydrogen-bond donors (Lipinski definition) is 0. The summed E-state index contributed by atoms with van der Waals surface area (Å²) in [5, 5.41) is 0. The van der Waals surface area contributed by atoms with E-state index in [-0.39, 0.29) is 18.9 Å². The second-order valence-corrected chi connectivity index (χ2v) is 6.94. The number of aryl methyl sites for hydroxylation is 2. The molecule has 0 atom stereocenters. The molecular weight excluding hydrogens is 350 g/mol. The zero-order valence-corrected chi connectivity index (χ0v) is 16.6. The second-order valence-electron chi connectivity index (χ2n) is 6.94. The molecule has 0 spiro atoms. The number of rotatable bonds is 3. The van der Waals surface area contributed by atoms with Crippen LogP contribution in [0.2, 0.25) is 0 Å². The van der Waals surface area contributed by atoms with Crippen LogP contribution >= 0.6 is 0 Å². The SMILES string of the molecule is CCOC(=O)N1CC(=Cc2ccccc2C)C(=O)C(=Cc2ccccc2C)C1. The predicted octanol–water partition coefficient (Wildman–Crippen LogP) is 4.81. The van der Waals surface area contributed by atoms with Crippen molar-refractivity contribution in [3.63, 3.8) is 0 Å². The van der Waals surface area contributed by atoms with Gasteiger partial charge in [0.15, 0.2) is 5.78 Å². The molecule has 0 radical (unpaired) electrons. The lowest BCUT2D eigenvalue weighted by molar-refractivity contribution is -0.113. The van der Waals surface area contributed by atoms with E-state index in [9.17, 15) is 9.59 Å². The Labute approximate surface area is 166 Å². The van der Waals surface area contributed by atoms with Crippen LogP contribution in [-0.2, 0) is 9.53 Å². The van der Waals surface area contributed by atoms with Crippen LogP contribution in [0.5, 0.6) is 0 Å². The first kappa shape index (κ1) is 19.6. The fourth-order valence-electron chi connectivity index (χ4n) is 3.26. The fraction of sp³-hybridized carbons (Fsp3) is 0.250. The number of benzene rings is 2. The van der Waals surface area contributed by atoms with E-state index >= 15 is 0 Å². The highest BCUT2D eigenvalue weighted by Crippen LogP contribution is 2.24. The Morgan fingerprint density at radius 3 is 1.82 bits per heavy atom. The van der Waals surface area contributed by atoms with Crippen LogP contribution in [0, 0.1) is 13.8 Å². The van der Waals surface area contributed by atoms with Crippen LogP contribution in [0.4, 0.5) is 4.79 Å². The highest BCUT2D eigenvalue weighted by Gasteiger charge is 2.30. The van der Waals surface area contributed by atoms with E-state index in [1.807, 2.05) is 74.5 Å². The van der Waals surface area contributed by atoms with Crippen molar-refractivity contribution in [1.29, 1.82) is 0 Å². The van der Waals surface area contributed by atoms with Gasteiger partial charge in [0.05, 0.1) is 19.7 Å². The molecule has 1 aliphatic heterocycles. The molecule has 0 N–H and O–H groups in total. The van der Waals surface area contributed by atoms with Crippen LogP contribution in [0.1, 0.15) is 29.2 Å². The second kappa shape index (κ2) is 8.70. The van der Waals surface area contributed by atoms with Crippen molar-refractivity contribution in [1.82, 2.24) is 4.90 Å². The molecule has 1 heterocycles. The molecule has 1 aliphatic rings. The summed E-state index contributed by atoms with van der Waals surface area (Å²) in [5.41, 5.74) is 5.31.